The fraction of sp³-hybridized carbons (Fsp3) is 0.467. The van der Waals surface area contributed by atoms with Crippen molar-refractivity contribution < 1.29 is 14.3 Å². The number of nitrogens with one attached hydrogen (secondary N) is 2. The molecule has 1 aromatic carbocycles. The molecule has 106 valence electrons. The molecule has 2 aliphatic heterocycles. The number of ketones is 1. The first-order valence-electron chi connectivity index (χ1n) is 6.93. The van der Waals surface area contributed by atoms with Crippen molar-refractivity contribution in [3.05, 3.63) is 29.3 Å². The minimum absolute atomic E-state index is 0.0684. The lowest BCUT2D eigenvalue weighted by Gasteiger charge is -2.40. The maximum atomic E-state index is 12.4. The highest BCUT2D eigenvalue weighted by atomic mass is 16.5. The maximum Gasteiger partial charge on any atom is 0.251 e. The number of hydrogen-bond donors (Lipinski definition) is 2. The summed E-state index contributed by atoms with van der Waals surface area (Å²) >= 11 is 0. The molecular weight excluding hydrogens is 256 g/mol. The molecular formula is C15H18N2O3. The third-order valence-electron chi connectivity index (χ3n) is 4.09. The largest absolute Gasteiger partial charge is 0.486 e. The summed E-state index contributed by atoms with van der Waals surface area (Å²) in [4.78, 5) is 24.0. The minimum atomic E-state index is -0.357. The van der Waals surface area contributed by atoms with Crippen molar-refractivity contribution in [3.63, 3.8) is 0 Å². The van der Waals surface area contributed by atoms with Gasteiger partial charge in [0.15, 0.2) is 5.78 Å². The number of carbonyl (C=O) groups excluding carboxylic acids is 2. The molecule has 0 unspecified atom stereocenters. The van der Waals surface area contributed by atoms with Gasteiger partial charge in [-0.3, -0.25) is 9.59 Å². The van der Waals surface area contributed by atoms with E-state index in [4.69, 9.17) is 4.74 Å². The molecule has 1 aromatic rings. The Balaban J connectivity index is 1.93. The van der Waals surface area contributed by atoms with Gasteiger partial charge in [0, 0.05) is 25.5 Å². The Kier molecular flexibility index (Phi) is 3.22. The monoisotopic (exact) mass is 274 g/mol. The van der Waals surface area contributed by atoms with Crippen LogP contribution in [0.2, 0.25) is 0 Å². The standard InChI is InChI=1S/C15H18N2O3/c1-16-14(19)10-2-3-13-11(8-10)12(18)9-15(20-13)4-6-17-7-5-15/h2-3,8,17H,4-7,9H2,1H3,(H,16,19). The molecule has 1 fully saturated rings. The van der Waals surface area contributed by atoms with E-state index in [9.17, 15) is 9.59 Å². The highest BCUT2D eigenvalue weighted by molar-refractivity contribution is 6.03. The van der Waals surface area contributed by atoms with Gasteiger partial charge >= 0.3 is 0 Å². The Morgan fingerprint density at radius 2 is 2.10 bits per heavy atom. The lowest BCUT2D eigenvalue weighted by molar-refractivity contribution is 0.0187. The minimum Gasteiger partial charge on any atom is -0.486 e. The molecule has 2 aliphatic rings. The number of carbonyl (C=O) groups is 2. The van der Waals surface area contributed by atoms with E-state index in [0.29, 0.717) is 23.3 Å². The van der Waals surface area contributed by atoms with Gasteiger partial charge in [0.1, 0.15) is 11.4 Å². The summed E-state index contributed by atoms with van der Waals surface area (Å²) in [5.41, 5.74) is 0.656. The van der Waals surface area contributed by atoms with Gasteiger partial charge in [-0.1, -0.05) is 0 Å². The molecule has 3 rings (SSSR count). The summed E-state index contributed by atoms with van der Waals surface area (Å²) in [7, 11) is 1.57. The Hall–Kier alpha value is -1.88. The summed E-state index contributed by atoms with van der Waals surface area (Å²) < 4.78 is 6.11. The van der Waals surface area contributed by atoms with Crippen molar-refractivity contribution in [2.75, 3.05) is 20.1 Å². The van der Waals surface area contributed by atoms with Crippen LogP contribution in [0.5, 0.6) is 5.75 Å². The molecule has 0 aliphatic carbocycles. The van der Waals surface area contributed by atoms with Gasteiger partial charge in [-0.05, 0) is 31.3 Å². The normalized spacial score (nSPS) is 20.1. The summed E-state index contributed by atoms with van der Waals surface area (Å²) in [6.45, 7) is 1.75. The Labute approximate surface area is 117 Å². The van der Waals surface area contributed by atoms with Crippen molar-refractivity contribution in [1.82, 2.24) is 10.6 Å². The molecule has 2 N–H and O–H groups in total. The third-order valence-corrected chi connectivity index (χ3v) is 4.09. The second-order valence-corrected chi connectivity index (χ2v) is 5.43. The third kappa shape index (κ3) is 2.18. The molecule has 0 atom stereocenters. The number of benzene rings is 1. The zero-order valence-electron chi connectivity index (χ0n) is 11.5. The Morgan fingerprint density at radius 1 is 1.35 bits per heavy atom. The lowest BCUT2D eigenvalue weighted by Crippen LogP contribution is -2.49. The average molecular weight is 274 g/mol. The van der Waals surface area contributed by atoms with E-state index in [-0.39, 0.29) is 17.3 Å². The molecule has 0 radical (unpaired) electrons. The second kappa shape index (κ2) is 4.90. The predicted molar refractivity (Wildman–Crippen MR) is 74.2 cm³/mol. The van der Waals surface area contributed by atoms with Crippen LogP contribution in [0, 0.1) is 0 Å². The van der Waals surface area contributed by atoms with E-state index in [2.05, 4.69) is 10.6 Å². The molecule has 2 heterocycles. The molecule has 1 amide bonds. The summed E-state index contributed by atoms with van der Waals surface area (Å²) in [6.07, 6.45) is 2.09. The fourth-order valence-corrected chi connectivity index (χ4v) is 2.94. The van der Waals surface area contributed by atoms with Crippen LogP contribution >= 0.6 is 0 Å². The van der Waals surface area contributed by atoms with Crippen LogP contribution in [-0.4, -0.2) is 37.4 Å². The van der Waals surface area contributed by atoms with Crippen LogP contribution in [0.1, 0.15) is 40.0 Å². The van der Waals surface area contributed by atoms with E-state index < -0.39 is 0 Å². The molecule has 5 nitrogen and oxygen atoms in total. The van der Waals surface area contributed by atoms with Crippen molar-refractivity contribution in [1.29, 1.82) is 0 Å². The first-order valence-corrected chi connectivity index (χ1v) is 6.93. The van der Waals surface area contributed by atoms with Crippen LogP contribution in [0.4, 0.5) is 0 Å². The number of Topliss-reactive ketones (excluding diaryl/α,β-unsaturated/α-hetero) is 1. The van der Waals surface area contributed by atoms with Gasteiger partial charge in [0.2, 0.25) is 0 Å². The Morgan fingerprint density at radius 3 is 2.80 bits per heavy atom. The van der Waals surface area contributed by atoms with Crippen LogP contribution in [0.3, 0.4) is 0 Å². The summed E-state index contributed by atoms with van der Waals surface area (Å²) in [5, 5.41) is 5.84. The van der Waals surface area contributed by atoms with Crippen LogP contribution in [0.15, 0.2) is 18.2 Å². The van der Waals surface area contributed by atoms with E-state index >= 15 is 0 Å². The number of rotatable bonds is 1. The second-order valence-electron chi connectivity index (χ2n) is 5.43. The first kappa shape index (κ1) is 13.1. The summed E-state index contributed by atoms with van der Waals surface area (Å²) in [6, 6.07) is 5.07. The van der Waals surface area contributed by atoms with E-state index in [1.807, 2.05) is 0 Å². The van der Waals surface area contributed by atoms with E-state index in [1.165, 1.54) is 0 Å². The first-order chi connectivity index (χ1) is 9.63. The van der Waals surface area contributed by atoms with E-state index in [1.54, 1.807) is 25.2 Å². The van der Waals surface area contributed by atoms with Gasteiger partial charge < -0.3 is 15.4 Å². The average Bonchev–Trinajstić information content (AvgIpc) is 2.47. The van der Waals surface area contributed by atoms with Crippen molar-refractivity contribution in [2.45, 2.75) is 24.9 Å². The van der Waals surface area contributed by atoms with E-state index in [0.717, 1.165) is 25.9 Å². The number of amides is 1. The zero-order valence-corrected chi connectivity index (χ0v) is 11.5. The maximum absolute atomic E-state index is 12.4. The number of ether oxygens (including phenoxy) is 1. The number of hydrogen-bond acceptors (Lipinski definition) is 4. The van der Waals surface area contributed by atoms with Crippen molar-refractivity contribution in [2.24, 2.45) is 0 Å². The van der Waals surface area contributed by atoms with Gasteiger partial charge in [0.05, 0.1) is 12.0 Å². The van der Waals surface area contributed by atoms with Gasteiger partial charge in [0.25, 0.3) is 5.91 Å². The topological polar surface area (TPSA) is 67.4 Å². The fourth-order valence-electron chi connectivity index (χ4n) is 2.94. The summed E-state index contributed by atoms with van der Waals surface area (Å²) in [5.74, 6) is 0.484. The molecule has 1 saturated heterocycles. The van der Waals surface area contributed by atoms with Gasteiger partial charge in [-0.15, -0.1) is 0 Å². The van der Waals surface area contributed by atoms with Crippen molar-refractivity contribution >= 4 is 11.7 Å². The molecule has 0 aromatic heterocycles. The zero-order chi connectivity index (χ0) is 14.2. The van der Waals surface area contributed by atoms with Crippen LogP contribution < -0.4 is 15.4 Å². The quantitative estimate of drug-likeness (QED) is 0.805. The molecule has 20 heavy (non-hydrogen) atoms. The SMILES string of the molecule is CNC(=O)c1ccc2c(c1)C(=O)CC1(CCNCC1)O2. The van der Waals surface area contributed by atoms with Gasteiger partial charge in [-0.2, -0.15) is 0 Å². The highest BCUT2D eigenvalue weighted by Crippen LogP contribution is 2.38. The number of piperidine rings is 1. The highest BCUT2D eigenvalue weighted by Gasteiger charge is 2.41. The van der Waals surface area contributed by atoms with Crippen LogP contribution in [0.25, 0.3) is 0 Å². The lowest BCUT2D eigenvalue weighted by atomic mass is 9.83. The number of fused-ring (bicyclic) bond motifs is 1. The van der Waals surface area contributed by atoms with Gasteiger partial charge in [-0.25, -0.2) is 0 Å². The molecule has 0 bridgehead atoms. The molecule has 0 saturated carbocycles. The van der Waals surface area contributed by atoms with Crippen LogP contribution in [-0.2, 0) is 0 Å². The smallest absolute Gasteiger partial charge is 0.251 e. The molecule has 1 spiro atoms. The van der Waals surface area contributed by atoms with Crippen molar-refractivity contribution in [3.8, 4) is 5.75 Å². The predicted octanol–water partition coefficient (Wildman–Crippen LogP) is 1.13. The molecule has 5 heteroatoms. The Bertz CT molecular complexity index is 562.